The summed E-state index contributed by atoms with van der Waals surface area (Å²) >= 11 is 1.55. The zero-order valence-electron chi connectivity index (χ0n) is 12.5. The molecule has 0 unspecified atom stereocenters. The van der Waals surface area contributed by atoms with Crippen molar-refractivity contribution in [3.63, 3.8) is 0 Å². The van der Waals surface area contributed by atoms with Crippen molar-refractivity contribution < 1.29 is 4.79 Å². The summed E-state index contributed by atoms with van der Waals surface area (Å²) in [7, 11) is 4.11. The number of anilines is 1. The third kappa shape index (κ3) is 3.19. The maximum Gasteiger partial charge on any atom is 0.196 e. The predicted octanol–water partition coefficient (Wildman–Crippen LogP) is 2.23. The van der Waals surface area contributed by atoms with Gasteiger partial charge in [-0.05, 0) is 20.0 Å². The number of imidazole rings is 1. The Hall–Kier alpha value is -1.40. The number of aromatic nitrogens is 2. The molecule has 5 nitrogen and oxygen atoms in total. The van der Waals surface area contributed by atoms with Crippen molar-refractivity contribution in [1.29, 1.82) is 0 Å². The monoisotopic (exact) mass is 294 g/mol. The molecule has 2 aromatic rings. The van der Waals surface area contributed by atoms with Crippen LogP contribution < -0.4 is 4.90 Å². The van der Waals surface area contributed by atoms with E-state index in [-0.39, 0.29) is 0 Å². The number of hydrogen-bond acceptors (Lipinski definition) is 5. The summed E-state index contributed by atoms with van der Waals surface area (Å²) in [5.41, 5.74) is 0.653. The van der Waals surface area contributed by atoms with Gasteiger partial charge in [0.15, 0.2) is 17.1 Å². The maximum absolute atomic E-state index is 11.4. The second kappa shape index (κ2) is 6.37. The smallest absolute Gasteiger partial charge is 0.196 e. The first-order valence-corrected chi connectivity index (χ1v) is 7.71. The molecule has 0 aromatic carbocycles. The number of hydrogen-bond donors (Lipinski definition) is 0. The number of carbonyl (C=O) groups excluding carboxylic acids is 1. The molecule has 2 rings (SSSR count). The second-order valence-electron chi connectivity index (χ2n) is 5.64. The Morgan fingerprint density at radius 3 is 2.75 bits per heavy atom. The molecule has 0 bridgehead atoms. The number of rotatable bonds is 7. The molecule has 0 amide bonds. The fourth-order valence-electron chi connectivity index (χ4n) is 2.18. The maximum atomic E-state index is 11.4. The van der Waals surface area contributed by atoms with E-state index in [2.05, 4.69) is 42.7 Å². The van der Waals surface area contributed by atoms with Crippen molar-refractivity contribution in [3.8, 4) is 0 Å². The molecule has 0 radical (unpaired) electrons. The van der Waals surface area contributed by atoms with Crippen molar-refractivity contribution >= 4 is 28.4 Å². The summed E-state index contributed by atoms with van der Waals surface area (Å²) in [5, 5.41) is 1.95. The van der Waals surface area contributed by atoms with E-state index in [0.29, 0.717) is 11.6 Å². The largest absolute Gasteiger partial charge is 0.353 e. The van der Waals surface area contributed by atoms with Crippen LogP contribution in [0.4, 0.5) is 5.82 Å². The van der Waals surface area contributed by atoms with E-state index in [1.807, 2.05) is 16.0 Å². The average Bonchev–Trinajstić information content (AvgIpc) is 2.93. The van der Waals surface area contributed by atoms with Crippen LogP contribution in [-0.2, 0) is 0 Å². The standard InChI is InChI=1S/C14H22N4OS/c1-11(2)9-17(6-5-16(3)4)13-12(10-19)18-7-8-20-14(18)15-13/h7-8,10-11H,5-6,9H2,1-4H3. The van der Waals surface area contributed by atoms with Crippen LogP contribution in [0.3, 0.4) is 0 Å². The molecule has 0 spiro atoms. The molecule has 0 atom stereocenters. The molecule has 0 N–H and O–H groups in total. The van der Waals surface area contributed by atoms with Gasteiger partial charge in [-0.25, -0.2) is 4.98 Å². The van der Waals surface area contributed by atoms with Gasteiger partial charge in [-0.15, -0.1) is 11.3 Å². The number of carbonyl (C=O) groups is 1. The van der Waals surface area contributed by atoms with Crippen LogP contribution in [-0.4, -0.2) is 54.3 Å². The molecule has 0 aliphatic carbocycles. The van der Waals surface area contributed by atoms with Crippen LogP contribution in [0.2, 0.25) is 0 Å². The highest BCUT2D eigenvalue weighted by Gasteiger charge is 2.19. The number of likely N-dealkylation sites (N-methyl/N-ethyl adjacent to an activating group) is 1. The molecule has 2 heterocycles. The molecule has 0 aliphatic rings. The zero-order valence-corrected chi connectivity index (χ0v) is 13.4. The van der Waals surface area contributed by atoms with E-state index in [1.165, 1.54) is 0 Å². The van der Waals surface area contributed by atoms with E-state index in [9.17, 15) is 4.79 Å². The summed E-state index contributed by atoms with van der Waals surface area (Å²) in [4.78, 5) is 21.3. The predicted molar refractivity (Wildman–Crippen MR) is 84.1 cm³/mol. The van der Waals surface area contributed by atoms with Gasteiger partial charge >= 0.3 is 0 Å². The van der Waals surface area contributed by atoms with E-state index in [4.69, 9.17) is 0 Å². The molecule has 2 aromatic heterocycles. The fraction of sp³-hybridized carbons (Fsp3) is 0.571. The number of nitrogens with zero attached hydrogens (tertiary/aromatic N) is 4. The van der Waals surface area contributed by atoms with Crippen molar-refractivity contribution in [3.05, 3.63) is 17.3 Å². The first-order chi connectivity index (χ1) is 9.52. The van der Waals surface area contributed by atoms with E-state index >= 15 is 0 Å². The van der Waals surface area contributed by atoms with Crippen LogP contribution in [0.5, 0.6) is 0 Å². The molecule has 6 heteroatoms. The molecule has 0 saturated heterocycles. The summed E-state index contributed by atoms with van der Waals surface area (Å²) in [6, 6.07) is 0. The number of aldehydes is 1. The lowest BCUT2D eigenvalue weighted by molar-refractivity contribution is 0.111. The zero-order chi connectivity index (χ0) is 14.7. The lowest BCUT2D eigenvalue weighted by Gasteiger charge is -2.26. The van der Waals surface area contributed by atoms with Gasteiger partial charge in [-0.3, -0.25) is 9.20 Å². The molecule has 0 fully saturated rings. The molecule has 110 valence electrons. The van der Waals surface area contributed by atoms with E-state index in [1.54, 1.807) is 11.3 Å². The first-order valence-electron chi connectivity index (χ1n) is 6.83. The normalized spacial score (nSPS) is 11.7. The minimum atomic E-state index is 0.524. The minimum Gasteiger partial charge on any atom is -0.353 e. The Bertz CT molecular complexity index is 573. The lowest BCUT2D eigenvalue weighted by atomic mass is 10.2. The Labute approximate surface area is 123 Å². The topological polar surface area (TPSA) is 40.9 Å². The van der Waals surface area contributed by atoms with Crippen molar-refractivity contribution in [2.75, 3.05) is 38.6 Å². The van der Waals surface area contributed by atoms with Crippen LogP contribution in [0.15, 0.2) is 11.6 Å². The average molecular weight is 294 g/mol. The molecular formula is C14H22N4OS. The minimum absolute atomic E-state index is 0.524. The SMILES string of the molecule is CC(C)CN(CCN(C)C)c1nc2sccn2c1C=O. The Morgan fingerprint density at radius 1 is 1.40 bits per heavy atom. The van der Waals surface area contributed by atoms with Gasteiger partial charge in [-0.1, -0.05) is 13.8 Å². The van der Waals surface area contributed by atoms with Gasteiger partial charge in [-0.2, -0.15) is 0 Å². The highest BCUT2D eigenvalue weighted by atomic mass is 32.1. The van der Waals surface area contributed by atoms with Gasteiger partial charge in [0.25, 0.3) is 0 Å². The summed E-state index contributed by atoms with van der Waals surface area (Å²) in [5.74, 6) is 1.33. The van der Waals surface area contributed by atoms with Gasteiger partial charge in [0.05, 0.1) is 0 Å². The Kier molecular flexibility index (Phi) is 4.77. The summed E-state index contributed by atoms with van der Waals surface area (Å²) in [6.07, 6.45) is 2.81. The van der Waals surface area contributed by atoms with Crippen LogP contribution in [0, 0.1) is 5.92 Å². The summed E-state index contributed by atoms with van der Waals surface area (Å²) < 4.78 is 1.87. The third-order valence-electron chi connectivity index (χ3n) is 3.09. The van der Waals surface area contributed by atoms with Crippen LogP contribution in [0.1, 0.15) is 24.3 Å². The number of thiazole rings is 1. The third-order valence-corrected chi connectivity index (χ3v) is 3.85. The van der Waals surface area contributed by atoms with Gasteiger partial charge in [0, 0.05) is 31.2 Å². The second-order valence-corrected chi connectivity index (χ2v) is 6.51. The van der Waals surface area contributed by atoms with Gasteiger partial charge < -0.3 is 9.80 Å². The fourth-order valence-corrected chi connectivity index (χ4v) is 2.90. The molecular weight excluding hydrogens is 272 g/mol. The lowest BCUT2D eigenvalue weighted by Crippen LogP contribution is -2.35. The Balaban J connectivity index is 2.33. The van der Waals surface area contributed by atoms with Crippen molar-refractivity contribution in [2.24, 2.45) is 5.92 Å². The molecule has 0 saturated carbocycles. The van der Waals surface area contributed by atoms with Crippen molar-refractivity contribution in [1.82, 2.24) is 14.3 Å². The van der Waals surface area contributed by atoms with Crippen LogP contribution in [0.25, 0.3) is 4.96 Å². The highest BCUT2D eigenvalue weighted by molar-refractivity contribution is 7.15. The highest BCUT2D eigenvalue weighted by Crippen LogP contribution is 2.24. The van der Waals surface area contributed by atoms with E-state index < -0.39 is 0 Å². The Morgan fingerprint density at radius 2 is 2.15 bits per heavy atom. The number of fused-ring (bicyclic) bond motifs is 1. The van der Waals surface area contributed by atoms with Crippen LogP contribution >= 0.6 is 11.3 Å². The van der Waals surface area contributed by atoms with Gasteiger partial charge in [0.1, 0.15) is 5.69 Å². The van der Waals surface area contributed by atoms with Gasteiger partial charge in [0.2, 0.25) is 0 Å². The molecule has 20 heavy (non-hydrogen) atoms. The molecule has 0 aliphatic heterocycles. The van der Waals surface area contributed by atoms with E-state index in [0.717, 1.165) is 36.7 Å². The first kappa shape index (κ1) is 15.0. The van der Waals surface area contributed by atoms with Crippen molar-refractivity contribution in [2.45, 2.75) is 13.8 Å². The quantitative estimate of drug-likeness (QED) is 0.734. The summed E-state index contributed by atoms with van der Waals surface area (Å²) in [6.45, 7) is 7.08.